The van der Waals surface area contributed by atoms with E-state index < -0.39 is 11.4 Å². The molecule has 1 N–H and O–H groups in total. The van der Waals surface area contributed by atoms with Crippen LogP contribution in [0.3, 0.4) is 0 Å². The Balaban J connectivity index is 2.11. The number of nitrogens with one attached hydrogen (secondary N) is 1. The van der Waals surface area contributed by atoms with Crippen LogP contribution in [0.4, 0.5) is 16.0 Å². The second-order valence-electron chi connectivity index (χ2n) is 6.43. The fraction of sp³-hybridized carbons (Fsp3) is 0.211. The second kappa shape index (κ2) is 8.16. The van der Waals surface area contributed by atoms with Crippen LogP contribution >= 0.6 is 23.2 Å². The molecule has 1 aromatic heterocycles. The van der Waals surface area contributed by atoms with Crippen molar-refractivity contribution in [2.75, 3.05) is 5.32 Å². The van der Waals surface area contributed by atoms with Crippen molar-refractivity contribution in [3.8, 4) is 0 Å². The van der Waals surface area contributed by atoms with Crippen LogP contribution in [0.25, 0.3) is 0 Å². The van der Waals surface area contributed by atoms with Crippen molar-refractivity contribution in [1.82, 2.24) is 14.1 Å². The lowest BCUT2D eigenvalue weighted by molar-refractivity contribution is 0.497. The van der Waals surface area contributed by atoms with E-state index in [0.717, 1.165) is 4.57 Å². The Morgan fingerprint density at radius 3 is 2.36 bits per heavy atom. The molecule has 9 heteroatoms. The third-order valence-corrected chi connectivity index (χ3v) is 4.79. The third-order valence-electron chi connectivity index (χ3n) is 4.05. The molecule has 3 aromatic rings. The quantitative estimate of drug-likeness (QED) is 0.667. The Bertz CT molecular complexity index is 1120. The summed E-state index contributed by atoms with van der Waals surface area (Å²) in [6, 6.07) is 10.2. The molecule has 0 aliphatic rings. The molecule has 2 aromatic carbocycles. The van der Waals surface area contributed by atoms with Crippen LogP contribution < -0.4 is 16.7 Å². The zero-order chi connectivity index (χ0) is 20.4. The molecule has 0 radical (unpaired) electrons. The number of rotatable bonds is 5. The first-order valence-corrected chi connectivity index (χ1v) is 9.21. The Morgan fingerprint density at radius 2 is 1.75 bits per heavy atom. The van der Waals surface area contributed by atoms with Crippen LogP contribution in [-0.2, 0) is 6.54 Å². The first-order chi connectivity index (χ1) is 13.3. The van der Waals surface area contributed by atoms with Gasteiger partial charge in [-0.3, -0.25) is 4.57 Å². The lowest BCUT2D eigenvalue weighted by atomic mass is 10.2. The van der Waals surface area contributed by atoms with Crippen molar-refractivity contribution in [3.63, 3.8) is 0 Å². The molecule has 0 saturated heterocycles. The molecular weight excluding hydrogens is 406 g/mol. The molecule has 0 aliphatic heterocycles. The maximum absolute atomic E-state index is 13.2. The van der Waals surface area contributed by atoms with Gasteiger partial charge in [0.15, 0.2) is 0 Å². The smallest absolute Gasteiger partial charge is 0.325 e. The van der Waals surface area contributed by atoms with Gasteiger partial charge in [-0.15, -0.1) is 0 Å². The lowest BCUT2D eigenvalue weighted by Crippen LogP contribution is -2.43. The van der Waals surface area contributed by atoms with Crippen LogP contribution in [0, 0.1) is 5.82 Å². The van der Waals surface area contributed by atoms with E-state index in [0.29, 0.717) is 21.3 Å². The summed E-state index contributed by atoms with van der Waals surface area (Å²) in [4.78, 5) is 29.3. The zero-order valence-corrected chi connectivity index (χ0v) is 16.6. The van der Waals surface area contributed by atoms with E-state index in [9.17, 15) is 14.0 Å². The van der Waals surface area contributed by atoms with Gasteiger partial charge in [0.2, 0.25) is 5.95 Å². The predicted molar refractivity (Wildman–Crippen MR) is 108 cm³/mol. The van der Waals surface area contributed by atoms with Crippen molar-refractivity contribution < 1.29 is 4.39 Å². The first-order valence-electron chi connectivity index (χ1n) is 8.46. The van der Waals surface area contributed by atoms with Crippen molar-refractivity contribution in [2.24, 2.45) is 0 Å². The lowest BCUT2D eigenvalue weighted by Gasteiger charge is -2.17. The Labute approximate surface area is 170 Å². The van der Waals surface area contributed by atoms with E-state index in [1.54, 1.807) is 44.2 Å². The monoisotopic (exact) mass is 422 g/mol. The minimum absolute atomic E-state index is 0.0506. The van der Waals surface area contributed by atoms with E-state index in [-0.39, 0.29) is 24.4 Å². The number of hydrogen-bond donors (Lipinski definition) is 1. The van der Waals surface area contributed by atoms with Crippen LogP contribution in [-0.4, -0.2) is 14.1 Å². The predicted octanol–water partition coefficient (Wildman–Crippen LogP) is 4.22. The Kier molecular flexibility index (Phi) is 5.86. The van der Waals surface area contributed by atoms with E-state index in [1.165, 1.54) is 16.7 Å². The highest BCUT2D eigenvalue weighted by atomic mass is 35.5. The summed E-state index contributed by atoms with van der Waals surface area (Å²) >= 11 is 12.0. The maximum Gasteiger partial charge on any atom is 0.355 e. The summed E-state index contributed by atoms with van der Waals surface area (Å²) in [5, 5.41) is 3.63. The number of halogens is 3. The van der Waals surface area contributed by atoms with Crippen molar-refractivity contribution in [2.45, 2.75) is 26.4 Å². The van der Waals surface area contributed by atoms with Gasteiger partial charge in [0, 0.05) is 11.7 Å². The average Bonchev–Trinajstić information content (AvgIpc) is 2.62. The Morgan fingerprint density at radius 1 is 1.07 bits per heavy atom. The van der Waals surface area contributed by atoms with Gasteiger partial charge in [-0.05, 0) is 49.7 Å². The van der Waals surface area contributed by atoms with Crippen LogP contribution in [0.15, 0.2) is 52.1 Å². The standard InChI is InChI=1S/C19H17Cl2FN4O2/c1-11(2)26-18(27)24-17(23-14-7-8-15(20)16(21)9-14)25(19(26)28)10-12-3-5-13(22)6-4-12/h3-9,11H,10H2,1-2H3,(H,23,24,27). The number of aromatic nitrogens is 3. The van der Waals surface area contributed by atoms with Gasteiger partial charge in [-0.1, -0.05) is 35.3 Å². The van der Waals surface area contributed by atoms with Crippen molar-refractivity contribution in [1.29, 1.82) is 0 Å². The Hall–Kier alpha value is -2.64. The fourth-order valence-corrected chi connectivity index (χ4v) is 2.96. The topological polar surface area (TPSA) is 68.9 Å². The SMILES string of the molecule is CC(C)n1c(=O)nc(Nc2ccc(Cl)c(Cl)c2)n(Cc2ccc(F)cc2)c1=O. The number of anilines is 2. The molecular formula is C19H17Cl2FN4O2. The highest BCUT2D eigenvalue weighted by Gasteiger charge is 2.16. The second-order valence-corrected chi connectivity index (χ2v) is 7.25. The average molecular weight is 423 g/mol. The molecule has 28 heavy (non-hydrogen) atoms. The molecule has 0 saturated carbocycles. The first kappa shape index (κ1) is 20.1. The largest absolute Gasteiger partial charge is 0.355 e. The fourth-order valence-electron chi connectivity index (χ4n) is 2.66. The number of hydrogen-bond acceptors (Lipinski definition) is 4. The molecule has 146 valence electrons. The van der Waals surface area contributed by atoms with Crippen molar-refractivity contribution >= 4 is 34.8 Å². The number of nitrogens with zero attached hydrogens (tertiary/aromatic N) is 3. The van der Waals surface area contributed by atoms with Gasteiger partial charge in [0.25, 0.3) is 0 Å². The molecule has 6 nitrogen and oxygen atoms in total. The summed E-state index contributed by atoms with van der Waals surface area (Å²) in [5.74, 6) is -0.329. The molecule has 0 unspecified atom stereocenters. The van der Waals surface area contributed by atoms with E-state index in [2.05, 4.69) is 10.3 Å². The highest BCUT2D eigenvalue weighted by molar-refractivity contribution is 6.42. The molecule has 1 heterocycles. The van der Waals surface area contributed by atoms with Gasteiger partial charge in [-0.25, -0.2) is 18.5 Å². The third kappa shape index (κ3) is 4.26. The summed E-state index contributed by atoms with van der Waals surface area (Å²) in [5.41, 5.74) is -0.00732. The normalized spacial score (nSPS) is 11.1. The summed E-state index contributed by atoms with van der Waals surface area (Å²) in [7, 11) is 0. The van der Waals surface area contributed by atoms with Gasteiger partial charge in [-0.2, -0.15) is 4.98 Å². The molecule has 0 bridgehead atoms. The van der Waals surface area contributed by atoms with Gasteiger partial charge < -0.3 is 5.32 Å². The summed E-state index contributed by atoms with van der Waals surface area (Å²) in [6.07, 6.45) is 0. The molecule has 0 amide bonds. The van der Waals surface area contributed by atoms with E-state index >= 15 is 0 Å². The minimum atomic E-state index is -0.669. The minimum Gasteiger partial charge on any atom is -0.325 e. The van der Waals surface area contributed by atoms with Gasteiger partial charge in [0.1, 0.15) is 5.82 Å². The van der Waals surface area contributed by atoms with Crippen molar-refractivity contribution in [3.05, 3.63) is 84.9 Å². The summed E-state index contributed by atoms with van der Waals surface area (Å²) < 4.78 is 15.6. The molecule has 0 fully saturated rings. The molecule has 3 rings (SSSR count). The zero-order valence-electron chi connectivity index (χ0n) is 15.1. The highest BCUT2D eigenvalue weighted by Crippen LogP contribution is 2.26. The van der Waals surface area contributed by atoms with E-state index in [4.69, 9.17) is 23.2 Å². The van der Waals surface area contributed by atoms with Gasteiger partial charge in [0.05, 0.1) is 16.6 Å². The molecule has 0 aliphatic carbocycles. The van der Waals surface area contributed by atoms with Crippen LogP contribution in [0.1, 0.15) is 25.5 Å². The maximum atomic E-state index is 13.2. The molecule has 0 spiro atoms. The van der Waals surface area contributed by atoms with Gasteiger partial charge >= 0.3 is 11.4 Å². The molecule has 0 atom stereocenters. The van der Waals surface area contributed by atoms with Crippen LogP contribution in [0.2, 0.25) is 10.0 Å². The van der Waals surface area contributed by atoms with E-state index in [1.807, 2.05) is 0 Å². The summed E-state index contributed by atoms with van der Waals surface area (Å²) in [6.45, 7) is 3.54. The van der Waals surface area contributed by atoms with Crippen LogP contribution in [0.5, 0.6) is 0 Å². The number of benzene rings is 2.